The molecular formula is C12H23N3. The van der Waals surface area contributed by atoms with Crippen molar-refractivity contribution in [3.63, 3.8) is 0 Å². The quantitative estimate of drug-likeness (QED) is 0.787. The summed E-state index contributed by atoms with van der Waals surface area (Å²) < 4.78 is 0. The molecule has 0 fully saturated rings. The molecule has 0 unspecified atom stereocenters. The molecule has 0 amide bonds. The monoisotopic (exact) mass is 209 g/mol. The molecule has 0 aliphatic heterocycles. The van der Waals surface area contributed by atoms with Crippen molar-refractivity contribution in [3.8, 4) is 0 Å². The molecule has 1 rings (SSSR count). The summed E-state index contributed by atoms with van der Waals surface area (Å²) in [6.07, 6.45) is 0.928. The fourth-order valence-electron chi connectivity index (χ4n) is 1.63. The summed E-state index contributed by atoms with van der Waals surface area (Å²) in [6, 6.07) is 0. The summed E-state index contributed by atoms with van der Waals surface area (Å²) in [6.45, 7) is 13.3. The first kappa shape index (κ1) is 12.1. The van der Waals surface area contributed by atoms with Crippen LogP contribution in [0.1, 0.15) is 52.8 Å². The zero-order valence-corrected chi connectivity index (χ0v) is 10.7. The highest BCUT2D eigenvalue weighted by molar-refractivity contribution is 5.45. The first-order valence-electron chi connectivity index (χ1n) is 5.55. The number of nitrogens with zero attached hydrogens (tertiary/aromatic N) is 1. The Kier molecular flexibility index (Phi) is 2.85. The molecule has 0 aliphatic carbocycles. The van der Waals surface area contributed by atoms with E-state index in [0.29, 0.717) is 5.82 Å². The predicted molar refractivity (Wildman–Crippen MR) is 64.9 cm³/mol. The Morgan fingerprint density at radius 2 is 1.73 bits per heavy atom. The van der Waals surface area contributed by atoms with Gasteiger partial charge in [-0.15, -0.1) is 0 Å². The van der Waals surface area contributed by atoms with E-state index in [1.165, 1.54) is 5.69 Å². The van der Waals surface area contributed by atoms with Gasteiger partial charge in [-0.25, -0.2) is 0 Å². The van der Waals surface area contributed by atoms with Gasteiger partial charge in [-0.1, -0.05) is 41.5 Å². The first-order chi connectivity index (χ1) is 6.71. The van der Waals surface area contributed by atoms with Crippen LogP contribution in [-0.4, -0.2) is 10.2 Å². The highest BCUT2D eigenvalue weighted by Crippen LogP contribution is 2.42. The van der Waals surface area contributed by atoms with Crippen molar-refractivity contribution in [2.24, 2.45) is 5.41 Å². The number of hydrogen-bond acceptors (Lipinski definition) is 2. The molecule has 86 valence electrons. The van der Waals surface area contributed by atoms with Crippen LogP contribution in [0.15, 0.2) is 0 Å². The summed E-state index contributed by atoms with van der Waals surface area (Å²) in [4.78, 5) is 0. The Balaban J connectivity index is 3.27. The third-order valence-electron chi connectivity index (χ3n) is 3.75. The molecule has 0 radical (unpaired) electrons. The highest BCUT2D eigenvalue weighted by atomic mass is 15.2. The van der Waals surface area contributed by atoms with E-state index in [4.69, 9.17) is 5.73 Å². The van der Waals surface area contributed by atoms with Gasteiger partial charge in [0.25, 0.3) is 0 Å². The summed E-state index contributed by atoms with van der Waals surface area (Å²) in [5.74, 6) is 0.643. The van der Waals surface area contributed by atoms with E-state index in [9.17, 15) is 0 Å². The van der Waals surface area contributed by atoms with Gasteiger partial charge in [0.2, 0.25) is 0 Å². The minimum atomic E-state index is 0.0446. The molecule has 3 nitrogen and oxygen atoms in total. The number of aromatic amines is 1. The van der Waals surface area contributed by atoms with Crippen molar-refractivity contribution in [1.29, 1.82) is 0 Å². The van der Waals surface area contributed by atoms with E-state index < -0.39 is 0 Å². The molecule has 3 heteroatoms. The topological polar surface area (TPSA) is 54.7 Å². The van der Waals surface area contributed by atoms with Gasteiger partial charge in [0.05, 0.1) is 0 Å². The normalized spacial score (nSPS) is 13.2. The van der Waals surface area contributed by atoms with Crippen LogP contribution in [0.3, 0.4) is 0 Å². The number of rotatable bonds is 2. The van der Waals surface area contributed by atoms with Crippen LogP contribution in [0.2, 0.25) is 0 Å². The van der Waals surface area contributed by atoms with Crippen molar-refractivity contribution in [2.45, 2.75) is 53.4 Å². The number of nitrogens with two attached hydrogens (primary N) is 1. The number of aromatic nitrogens is 2. The van der Waals surface area contributed by atoms with Gasteiger partial charge >= 0.3 is 0 Å². The fourth-order valence-corrected chi connectivity index (χ4v) is 1.63. The van der Waals surface area contributed by atoms with Gasteiger partial charge in [-0.2, -0.15) is 5.10 Å². The summed E-state index contributed by atoms with van der Waals surface area (Å²) >= 11 is 0. The van der Waals surface area contributed by atoms with Crippen LogP contribution in [0, 0.1) is 5.41 Å². The summed E-state index contributed by atoms with van der Waals surface area (Å²) in [7, 11) is 0. The number of hydrogen-bond donors (Lipinski definition) is 2. The van der Waals surface area contributed by atoms with Crippen molar-refractivity contribution in [1.82, 2.24) is 10.2 Å². The van der Waals surface area contributed by atoms with Crippen LogP contribution in [-0.2, 0) is 11.8 Å². The van der Waals surface area contributed by atoms with Gasteiger partial charge in [0, 0.05) is 16.7 Å². The Hall–Kier alpha value is -0.990. The Bertz CT molecular complexity index is 342. The number of nitrogen functional groups attached to an aromatic ring is 1. The molecule has 0 aliphatic rings. The average molecular weight is 209 g/mol. The van der Waals surface area contributed by atoms with Crippen molar-refractivity contribution in [3.05, 3.63) is 11.3 Å². The van der Waals surface area contributed by atoms with E-state index in [2.05, 4.69) is 51.7 Å². The third-order valence-corrected chi connectivity index (χ3v) is 3.75. The van der Waals surface area contributed by atoms with E-state index >= 15 is 0 Å². The molecule has 0 aromatic carbocycles. The lowest BCUT2D eigenvalue weighted by Crippen LogP contribution is -2.35. The maximum absolute atomic E-state index is 5.85. The number of H-pyrrole nitrogens is 1. The smallest absolute Gasteiger partial charge is 0.148 e. The first-order valence-corrected chi connectivity index (χ1v) is 5.55. The molecule has 0 saturated heterocycles. The molecule has 1 aromatic rings. The molecule has 0 bridgehead atoms. The molecule has 3 N–H and O–H groups in total. The largest absolute Gasteiger partial charge is 0.382 e. The Morgan fingerprint density at radius 3 is 2.13 bits per heavy atom. The average Bonchev–Trinajstić information content (AvgIpc) is 2.44. The second-order valence-electron chi connectivity index (χ2n) is 5.69. The molecular weight excluding hydrogens is 186 g/mol. The van der Waals surface area contributed by atoms with Crippen LogP contribution < -0.4 is 5.73 Å². The fraction of sp³-hybridized carbons (Fsp3) is 0.750. The Labute approximate surface area is 92.5 Å². The molecule has 1 aromatic heterocycles. The lowest BCUT2D eigenvalue weighted by atomic mass is 9.66. The maximum atomic E-state index is 5.85. The maximum Gasteiger partial charge on any atom is 0.148 e. The van der Waals surface area contributed by atoms with Gasteiger partial charge in [0.15, 0.2) is 0 Å². The van der Waals surface area contributed by atoms with Gasteiger partial charge in [0.1, 0.15) is 5.82 Å². The SMILES string of the molecule is CCc1c(N)n[nH]c1C(C)(C)C(C)(C)C. The Morgan fingerprint density at radius 1 is 1.20 bits per heavy atom. The van der Waals surface area contributed by atoms with E-state index in [1.807, 2.05) is 0 Å². The van der Waals surface area contributed by atoms with E-state index in [-0.39, 0.29) is 10.8 Å². The lowest BCUT2D eigenvalue weighted by molar-refractivity contribution is 0.218. The number of nitrogens with one attached hydrogen (secondary N) is 1. The van der Waals surface area contributed by atoms with Crippen LogP contribution >= 0.6 is 0 Å². The molecule has 0 atom stereocenters. The van der Waals surface area contributed by atoms with Crippen LogP contribution in [0.25, 0.3) is 0 Å². The van der Waals surface area contributed by atoms with Gasteiger partial charge in [-0.05, 0) is 11.8 Å². The van der Waals surface area contributed by atoms with Crippen LogP contribution in [0.4, 0.5) is 5.82 Å². The third kappa shape index (κ3) is 1.87. The van der Waals surface area contributed by atoms with Gasteiger partial charge in [-0.3, -0.25) is 5.10 Å². The minimum Gasteiger partial charge on any atom is -0.382 e. The minimum absolute atomic E-state index is 0.0446. The van der Waals surface area contributed by atoms with Crippen molar-refractivity contribution in [2.75, 3.05) is 5.73 Å². The lowest BCUT2D eigenvalue weighted by Gasteiger charge is -2.38. The van der Waals surface area contributed by atoms with Crippen molar-refractivity contribution >= 4 is 5.82 Å². The molecule has 0 saturated carbocycles. The molecule has 15 heavy (non-hydrogen) atoms. The van der Waals surface area contributed by atoms with Crippen LogP contribution in [0.5, 0.6) is 0 Å². The molecule has 0 spiro atoms. The van der Waals surface area contributed by atoms with Gasteiger partial charge < -0.3 is 5.73 Å². The summed E-state index contributed by atoms with van der Waals surface area (Å²) in [5.41, 5.74) is 8.41. The van der Waals surface area contributed by atoms with Crippen molar-refractivity contribution < 1.29 is 0 Å². The zero-order chi connectivity index (χ0) is 11.9. The standard InChI is InChI=1S/C12H23N3/c1-7-8-9(14-15-10(8)13)12(5,6)11(2,3)4/h7H2,1-6H3,(H3,13,14,15). The number of anilines is 1. The molecule has 1 heterocycles. The summed E-state index contributed by atoms with van der Waals surface area (Å²) in [5, 5.41) is 7.22. The zero-order valence-electron chi connectivity index (χ0n) is 10.7. The second-order valence-corrected chi connectivity index (χ2v) is 5.69. The second kappa shape index (κ2) is 3.54. The predicted octanol–water partition coefficient (Wildman–Crippen LogP) is 2.88. The highest BCUT2D eigenvalue weighted by Gasteiger charge is 2.37. The van der Waals surface area contributed by atoms with E-state index in [0.717, 1.165) is 12.0 Å². The van der Waals surface area contributed by atoms with E-state index in [1.54, 1.807) is 0 Å².